The van der Waals surface area contributed by atoms with E-state index in [1.807, 2.05) is 6.92 Å². The zero-order valence-electron chi connectivity index (χ0n) is 14.7. The van der Waals surface area contributed by atoms with E-state index in [2.05, 4.69) is 40.1 Å². The zero-order chi connectivity index (χ0) is 17.4. The number of sulfone groups is 1. The van der Waals surface area contributed by atoms with E-state index in [9.17, 15) is 8.42 Å². The van der Waals surface area contributed by atoms with E-state index in [1.54, 1.807) is 0 Å². The number of nitrogens with zero attached hydrogens (tertiary/aromatic N) is 3. The van der Waals surface area contributed by atoms with Gasteiger partial charge in [-0.15, -0.1) is 0 Å². The van der Waals surface area contributed by atoms with E-state index >= 15 is 0 Å². The third-order valence-corrected chi connectivity index (χ3v) is 7.25. The molecule has 0 aliphatic carbocycles. The van der Waals surface area contributed by atoms with Crippen molar-refractivity contribution >= 4 is 26.4 Å². The highest BCUT2D eigenvalue weighted by Gasteiger charge is 2.30. The number of aryl methyl sites for hydroxylation is 1. The molecule has 25 heavy (non-hydrogen) atoms. The zero-order valence-corrected chi connectivity index (χ0v) is 15.5. The van der Waals surface area contributed by atoms with Gasteiger partial charge in [0.15, 0.2) is 0 Å². The summed E-state index contributed by atoms with van der Waals surface area (Å²) in [6, 6.07) is 11.0. The fraction of sp³-hybridized carbons (Fsp3) is 0.526. The van der Waals surface area contributed by atoms with Crippen LogP contribution in [0, 0.1) is 6.92 Å². The van der Waals surface area contributed by atoms with Crippen LogP contribution in [0.5, 0.6) is 0 Å². The summed E-state index contributed by atoms with van der Waals surface area (Å²) in [5.41, 5.74) is 3.34. The van der Waals surface area contributed by atoms with Gasteiger partial charge in [0, 0.05) is 43.3 Å². The predicted octanol–water partition coefficient (Wildman–Crippen LogP) is 2.24. The predicted molar refractivity (Wildman–Crippen MR) is 102 cm³/mol. The molecule has 0 atom stereocenters. The van der Waals surface area contributed by atoms with Crippen molar-refractivity contribution in [1.82, 2.24) is 9.88 Å². The lowest BCUT2D eigenvalue weighted by Crippen LogP contribution is -2.52. The van der Waals surface area contributed by atoms with Crippen molar-refractivity contribution in [2.45, 2.75) is 25.8 Å². The first-order valence-corrected chi connectivity index (χ1v) is 10.9. The molecule has 2 fully saturated rings. The van der Waals surface area contributed by atoms with Crippen LogP contribution in [-0.4, -0.2) is 62.0 Å². The van der Waals surface area contributed by atoms with Crippen LogP contribution < -0.4 is 4.90 Å². The number of para-hydroxylation sites is 1. The van der Waals surface area contributed by atoms with Crippen LogP contribution in [0.1, 0.15) is 18.5 Å². The Bertz CT molecular complexity index is 859. The van der Waals surface area contributed by atoms with E-state index in [1.165, 1.54) is 11.1 Å². The second-order valence-electron chi connectivity index (χ2n) is 7.21. The van der Waals surface area contributed by atoms with Gasteiger partial charge in [0.1, 0.15) is 9.84 Å². The Labute approximate surface area is 149 Å². The number of pyridine rings is 1. The first-order chi connectivity index (χ1) is 12.0. The summed E-state index contributed by atoms with van der Waals surface area (Å²) >= 11 is 0. The molecule has 134 valence electrons. The van der Waals surface area contributed by atoms with Crippen LogP contribution in [0.3, 0.4) is 0 Å². The quantitative estimate of drug-likeness (QED) is 0.823. The van der Waals surface area contributed by atoms with Gasteiger partial charge in [-0.2, -0.15) is 0 Å². The Morgan fingerprint density at radius 1 is 1.00 bits per heavy atom. The minimum Gasteiger partial charge on any atom is -0.367 e. The molecular formula is C19H25N3O2S. The summed E-state index contributed by atoms with van der Waals surface area (Å²) in [5, 5.41) is 1.18. The first kappa shape index (κ1) is 16.8. The second-order valence-corrected chi connectivity index (χ2v) is 9.51. The van der Waals surface area contributed by atoms with Crippen molar-refractivity contribution < 1.29 is 8.42 Å². The Hall–Kier alpha value is -1.66. The van der Waals surface area contributed by atoms with Crippen LogP contribution in [-0.2, 0) is 9.84 Å². The Morgan fingerprint density at radius 2 is 1.72 bits per heavy atom. The maximum absolute atomic E-state index is 11.6. The summed E-state index contributed by atoms with van der Waals surface area (Å²) in [7, 11) is -2.78. The number of hydrogen-bond acceptors (Lipinski definition) is 5. The van der Waals surface area contributed by atoms with Gasteiger partial charge in [0.2, 0.25) is 0 Å². The standard InChI is InChI=1S/C19H25N3O2S/c1-15-5-6-16-3-2-4-18(19(16)20-15)22-11-9-21(10-12-22)17-7-13-25(23,24)14-8-17/h2-6,17H,7-14H2,1H3. The van der Waals surface area contributed by atoms with Gasteiger partial charge < -0.3 is 4.90 Å². The van der Waals surface area contributed by atoms with E-state index < -0.39 is 9.84 Å². The van der Waals surface area contributed by atoms with Gasteiger partial charge >= 0.3 is 0 Å². The van der Waals surface area contributed by atoms with E-state index in [0.717, 1.165) is 50.2 Å². The highest BCUT2D eigenvalue weighted by atomic mass is 32.2. The molecule has 0 saturated carbocycles. The van der Waals surface area contributed by atoms with Gasteiger partial charge in [-0.1, -0.05) is 18.2 Å². The van der Waals surface area contributed by atoms with E-state index in [4.69, 9.17) is 4.98 Å². The normalized spacial score (nSPS) is 22.4. The first-order valence-electron chi connectivity index (χ1n) is 9.08. The lowest BCUT2D eigenvalue weighted by atomic mass is 10.1. The molecule has 0 N–H and O–H groups in total. The molecule has 0 radical (unpaired) electrons. The third kappa shape index (κ3) is 3.51. The SMILES string of the molecule is Cc1ccc2cccc(N3CCN(C4CCS(=O)(=O)CC4)CC3)c2n1. The highest BCUT2D eigenvalue weighted by molar-refractivity contribution is 7.91. The molecule has 3 heterocycles. The van der Waals surface area contributed by atoms with Crippen molar-refractivity contribution in [2.75, 3.05) is 42.6 Å². The van der Waals surface area contributed by atoms with Crippen LogP contribution >= 0.6 is 0 Å². The second kappa shape index (κ2) is 6.57. The summed E-state index contributed by atoms with van der Waals surface area (Å²) in [5.74, 6) is 0.703. The van der Waals surface area contributed by atoms with Gasteiger partial charge in [-0.05, 0) is 31.9 Å². The van der Waals surface area contributed by atoms with Crippen molar-refractivity contribution in [1.29, 1.82) is 0 Å². The number of benzene rings is 1. The molecule has 2 saturated heterocycles. The molecular weight excluding hydrogens is 334 g/mol. The van der Waals surface area contributed by atoms with Gasteiger partial charge in [-0.25, -0.2) is 8.42 Å². The maximum atomic E-state index is 11.6. The highest BCUT2D eigenvalue weighted by Crippen LogP contribution is 2.27. The van der Waals surface area contributed by atoms with E-state index in [-0.39, 0.29) is 0 Å². The number of rotatable bonds is 2. The molecule has 1 aromatic heterocycles. The molecule has 2 aromatic rings. The van der Waals surface area contributed by atoms with Crippen molar-refractivity contribution in [3.05, 3.63) is 36.0 Å². The Balaban J connectivity index is 1.47. The number of aromatic nitrogens is 1. The third-order valence-electron chi connectivity index (χ3n) is 5.53. The summed E-state index contributed by atoms with van der Waals surface area (Å²) in [4.78, 5) is 9.66. The van der Waals surface area contributed by atoms with Gasteiger partial charge in [0.25, 0.3) is 0 Å². The monoisotopic (exact) mass is 359 g/mol. The molecule has 0 bridgehead atoms. The molecule has 2 aliphatic rings. The fourth-order valence-corrected chi connectivity index (χ4v) is 5.52. The minimum absolute atomic E-state index is 0.352. The molecule has 0 amide bonds. The number of fused-ring (bicyclic) bond motifs is 1. The van der Waals surface area contributed by atoms with Crippen LogP contribution in [0.15, 0.2) is 30.3 Å². The lowest BCUT2D eigenvalue weighted by molar-refractivity contribution is 0.173. The van der Waals surface area contributed by atoms with Crippen molar-refractivity contribution in [3.8, 4) is 0 Å². The molecule has 1 aromatic carbocycles. The smallest absolute Gasteiger partial charge is 0.150 e. The molecule has 0 spiro atoms. The lowest BCUT2D eigenvalue weighted by Gasteiger charge is -2.41. The molecule has 0 unspecified atom stereocenters. The Kier molecular flexibility index (Phi) is 4.41. The molecule has 6 heteroatoms. The van der Waals surface area contributed by atoms with Gasteiger partial charge in [-0.3, -0.25) is 9.88 Å². The largest absolute Gasteiger partial charge is 0.367 e. The fourth-order valence-electron chi connectivity index (χ4n) is 4.05. The summed E-state index contributed by atoms with van der Waals surface area (Å²) in [6.45, 7) is 5.96. The summed E-state index contributed by atoms with van der Waals surface area (Å²) in [6.07, 6.45) is 1.58. The topological polar surface area (TPSA) is 53.5 Å². The van der Waals surface area contributed by atoms with Gasteiger partial charge in [0.05, 0.1) is 22.7 Å². The van der Waals surface area contributed by atoms with Crippen LogP contribution in [0.4, 0.5) is 5.69 Å². The average Bonchev–Trinajstić information content (AvgIpc) is 2.61. The minimum atomic E-state index is -2.78. The molecule has 2 aliphatic heterocycles. The molecule has 4 rings (SSSR count). The van der Waals surface area contributed by atoms with E-state index in [0.29, 0.717) is 17.5 Å². The number of piperazine rings is 1. The summed E-state index contributed by atoms with van der Waals surface area (Å²) < 4.78 is 23.3. The van der Waals surface area contributed by atoms with Crippen molar-refractivity contribution in [3.63, 3.8) is 0 Å². The van der Waals surface area contributed by atoms with Crippen molar-refractivity contribution in [2.24, 2.45) is 0 Å². The maximum Gasteiger partial charge on any atom is 0.150 e. The van der Waals surface area contributed by atoms with Crippen LogP contribution in [0.2, 0.25) is 0 Å². The van der Waals surface area contributed by atoms with Crippen LogP contribution in [0.25, 0.3) is 10.9 Å². The number of hydrogen-bond donors (Lipinski definition) is 0. The Morgan fingerprint density at radius 3 is 2.44 bits per heavy atom. The average molecular weight is 359 g/mol. The number of anilines is 1. The molecule has 5 nitrogen and oxygen atoms in total.